The molecule has 4 heteroatoms. The number of nitrogens with zero attached hydrogens (tertiary/aromatic N) is 1. The van der Waals surface area contributed by atoms with E-state index < -0.39 is 5.97 Å². The first kappa shape index (κ1) is 6.79. The molecule has 58 valence electrons. The molecule has 1 aliphatic carbocycles. The Kier molecular flexibility index (Phi) is 1.42. The fraction of sp³-hybridized carbons (Fsp3) is 0.429. The summed E-state index contributed by atoms with van der Waals surface area (Å²) in [7, 11) is 0. The Bertz CT molecular complexity index is 290. The molecule has 0 bridgehead atoms. The quantitative estimate of drug-likeness (QED) is 0.733. The van der Waals surface area contributed by atoms with Gasteiger partial charge in [-0.3, -0.25) is 0 Å². The van der Waals surface area contributed by atoms with E-state index in [0.29, 0.717) is 5.92 Å². The average molecular weight is 169 g/mol. The Morgan fingerprint density at radius 2 is 2.45 bits per heavy atom. The Balaban J connectivity index is 2.25. The van der Waals surface area contributed by atoms with Gasteiger partial charge >= 0.3 is 5.97 Å². The molecule has 0 saturated heterocycles. The number of hydrogen-bond acceptors (Lipinski definition) is 3. The number of thiazole rings is 1. The monoisotopic (exact) mass is 169 g/mol. The third-order valence-electron chi connectivity index (χ3n) is 1.70. The van der Waals surface area contributed by atoms with Crippen LogP contribution in [0.2, 0.25) is 0 Å². The van der Waals surface area contributed by atoms with Crippen molar-refractivity contribution in [3.63, 3.8) is 0 Å². The minimum absolute atomic E-state index is 0.215. The van der Waals surface area contributed by atoms with Crippen LogP contribution in [0.15, 0.2) is 5.38 Å². The molecule has 1 saturated carbocycles. The third-order valence-corrected chi connectivity index (χ3v) is 2.55. The lowest BCUT2D eigenvalue weighted by atomic mass is 10.3. The van der Waals surface area contributed by atoms with Crippen LogP contribution < -0.4 is 0 Å². The fourth-order valence-electron chi connectivity index (χ4n) is 0.951. The Morgan fingerprint density at radius 1 is 1.73 bits per heavy atom. The second kappa shape index (κ2) is 2.30. The van der Waals surface area contributed by atoms with Crippen LogP contribution in [0.4, 0.5) is 0 Å². The summed E-state index contributed by atoms with van der Waals surface area (Å²) in [5.41, 5.74) is 0.965. The highest BCUT2D eigenvalue weighted by Crippen LogP contribution is 2.40. The molecule has 0 atom stereocenters. The molecule has 11 heavy (non-hydrogen) atoms. The number of hydrogen-bond donors (Lipinski definition) is 1. The number of rotatable bonds is 2. The normalized spacial score (nSPS) is 16.7. The number of carbonyl (C=O) groups is 1. The van der Waals surface area contributed by atoms with E-state index in [9.17, 15) is 4.79 Å². The summed E-state index contributed by atoms with van der Waals surface area (Å²) >= 11 is 1.22. The highest BCUT2D eigenvalue weighted by molar-refractivity contribution is 7.11. The van der Waals surface area contributed by atoms with Gasteiger partial charge in [0.2, 0.25) is 5.01 Å². The zero-order valence-corrected chi connectivity index (χ0v) is 6.60. The third kappa shape index (κ3) is 1.26. The summed E-state index contributed by atoms with van der Waals surface area (Å²) < 4.78 is 0. The molecule has 0 spiro atoms. The van der Waals surface area contributed by atoms with Crippen molar-refractivity contribution in [2.75, 3.05) is 0 Å². The Labute approximate surface area is 67.7 Å². The van der Waals surface area contributed by atoms with Gasteiger partial charge in [0.1, 0.15) is 0 Å². The van der Waals surface area contributed by atoms with E-state index in [4.69, 9.17) is 5.11 Å². The molecule has 1 fully saturated rings. The molecule has 1 heterocycles. The second-order valence-corrected chi connectivity index (χ2v) is 3.52. The molecule has 1 aliphatic rings. The molecule has 1 aromatic heterocycles. The highest BCUT2D eigenvalue weighted by atomic mass is 32.1. The predicted molar refractivity (Wildman–Crippen MR) is 41.0 cm³/mol. The first-order valence-electron chi connectivity index (χ1n) is 3.46. The van der Waals surface area contributed by atoms with Gasteiger partial charge < -0.3 is 5.11 Å². The SMILES string of the molecule is O=C(O)c1nc(C2CC2)cs1. The largest absolute Gasteiger partial charge is 0.476 e. The van der Waals surface area contributed by atoms with Crippen molar-refractivity contribution < 1.29 is 9.90 Å². The lowest BCUT2D eigenvalue weighted by molar-refractivity contribution is 0.0696. The maximum absolute atomic E-state index is 10.4. The fourth-order valence-corrected chi connectivity index (χ4v) is 1.69. The van der Waals surface area contributed by atoms with Crippen molar-refractivity contribution in [3.8, 4) is 0 Å². The smallest absolute Gasteiger partial charge is 0.365 e. The molecule has 0 radical (unpaired) electrons. The molecule has 1 N–H and O–H groups in total. The first-order valence-corrected chi connectivity index (χ1v) is 4.34. The summed E-state index contributed by atoms with van der Waals surface area (Å²) in [5.74, 6) is -0.360. The molecule has 0 amide bonds. The topological polar surface area (TPSA) is 50.2 Å². The summed E-state index contributed by atoms with van der Waals surface area (Å²) in [6, 6.07) is 0. The summed E-state index contributed by atoms with van der Waals surface area (Å²) in [4.78, 5) is 14.4. The molecular weight excluding hydrogens is 162 g/mol. The van der Waals surface area contributed by atoms with Gasteiger partial charge in [-0.15, -0.1) is 11.3 Å². The van der Waals surface area contributed by atoms with E-state index in [1.54, 1.807) is 0 Å². The zero-order valence-electron chi connectivity index (χ0n) is 5.78. The van der Waals surface area contributed by atoms with Crippen LogP contribution in [0, 0.1) is 0 Å². The standard InChI is InChI=1S/C7H7NO2S/c9-7(10)6-8-5(3-11-6)4-1-2-4/h3-4H,1-2H2,(H,9,10). The minimum Gasteiger partial charge on any atom is -0.476 e. The van der Waals surface area contributed by atoms with Gasteiger partial charge in [-0.2, -0.15) is 0 Å². The van der Waals surface area contributed by atoms with Gasteiger partial charge in [-0.25, -0.2) is 9.78 Å². The van der Waals surface area contributed by atoms with Crippen LogP contribution in [0.5, 0.6) is 0 Å². The molecular formula is C7H7NO2S. The van der Waals surface area contributed by atoms with Crippen molar-refractivity contribution in [1.82, 2.24) is 4.98 Å². The number of aromatic carboxylic acids is 1. The van der Waals surface area contributed by atoms with Crippen molar-refractivity contribution in [2.24, 2.45) is 0 Å². The molecule has 2 rings (SSSR count). The minimum atomic E-state index is -0.915. The van der Waals surface area contributed by atoms with E-state index in [2.05, 4.69) is 4.98 Å². The van der Waals surface area contributed by atoms with Crippen LogP contribution >= 0.6 is 11.3 Å². The first-order chi connectivity index (χ1) is 5.27. The number of aromatic nitrogens is 1. The zero-order chi connectivity index (χ0) is 7.84. The lowest BCUT2D eigenvalue weighted by Crippen LogP contribution is -1.94. The summed E-state index contributed by atoms with van der Waals surface area (Å²) in [5, 5.41) is 10.6. The maximum Gasteiger partial charge on any atom is 0.365 e. The number of carboxylic acid groups (broad SMARTS) is 1. The molecule has 0 unspecified atom stereocenters. The van der Waals surface area contributed by atoms with E-state index in [1.807, 2.05) is 5.38 Å². The van der Waals surface area contributed by atoms with Gasteiger partial charge in [-0.1, -0.05) is 0 Å². The number of carboxylic acids is 1. The summed E-state index contributed by atoms with van der Waals surface area (Å²) in [6.07, 6.45) is 2.34. The molecule has 1 aromatic rings. The van der Waals surface area contributed by atoms with Crippen LogP contribution in [0.1, 0.15) is 34.3 Å². The summed E-state index contributed by atoms with van der Waals surface area (Å²) in [6.45, 7) is 0. The van der Waals surface area contributed by atoms with Crippen molar-refractivity contribution >= 4 is 17.3 Å². The van der Waals surface area contributed by atoms with Crippen LogP contribution in [-0.2, 0) is 0 Å². The van der Waals surface area contributed by atoms with Gasteiger partial charge in [0, 0.05) is 11.3 Å². The van der Waals surface area contributed by atoms with E-state index in [0.717, 1.165) is 5.69 Å². The van der Waals surface area contributed by atoms with Crippen LogP contribution in [0.3, 0.4) is 0 Å². The second-order valence-electron chi connectivity index (χ2n) is 2.66. The van der Waals surface area contributed by atoms with Crippen LogP contribution in [0.25, 0.3) is 0 Å². The van der Waals surface area contributed by atoms with E-state index in [1.165, 1.54) is 24.2 Å². The van der Waals surface area contributed by atoms with Crippen LogP contribution in [-0.4, -0.2) is 16.1 Å². The van der Waals surface area contributed by atoms with E-state index >= 15 is 0 Å². The van der Waals surface area contributed by atoms with Crippen molar-refractivity contribution in [3.05, 3.63) is 16.1 Å². The average Bonchev–Trinajstić information content (AvgIpc) is 2.68. The Morgan fingerprint density at radius 3 is 2.91 bits per heavy atom. The lowest BCUT2D eigenvalue weighted by Gasteiger charge is -1.84. The molecule has 0 aromatic carbocycles. The van der Waals surface area contributed by atoms with Gasteiger partial charge in [-0.05, 0) is 12.8 Å². The van der Waals surface area contributed by atoms with Gasteiger partial charge in [0.25, 0.3) is 0 Å². The molecule has 3 nitrogen and oxygen atoms in total. The predicted octanol–water partition coefficient (Wildman–Crippen LogP) is 1.72. The van der Waals surface area contributed by atoms with Crippen molar-refractivity contribution in [1.29, 1.82) is 0 Å². The molecule has 0 aliphatic heterocycles. The van der Waals surface area contributed by atoms with Gasteiger partial charge in [0.15, 0.2) is 0 Å². The van der Waals surface area contributed by atoms with Crippen molar-refractivity contribution in [2.45, 2.75) is 18.8 Å². The van der Waals surface area contributed by atoms with E-state index in [-0.39, 0.29) is 5.01 Å². The Hall–Kier alpha value is -0.900. The maximum atomic E-state index is 10.4. The highest BCUT2D eigenvalue weighted by Gasteiger charge is 2.26. The van der Waals surface area contributed by atoms with Gasteiger partial charge in [0.05, 0.1) is 5.69 Å².